The summed E-state index contributed by atoms with van der Waals surface area (Å²) in [6, 6.07) is 4.76. The monoisotopic (exact) mass is 293 g/mol. The largest absolute Gasteiger partial charge is 0.356 e. The first-order chi connectivity index (χ1) is 9.76. The highest BCUT2D eigenvalue weighted by molar-refractivity contribution is 6.31. The second-order valence-electron chi connectivity index (χ2n) is 6.12. The first kappa shape index (κ1) is 14.2. The van der Waals surface area contributed by atoms with Gasteiger partial charge >= 0.3 is 0 Å². The molecule has 1 saturated heterocycles. The van der Waals surface area contributed by atoms with E-state index in [1.165, 1.54) is 32.1 Å². The third kappa shape index (κ3) is 3.44. The number of nitrogens with one attached hydrogen (secondary N) is 1. The number of hydrogen-bond donors (Lipinski definition) is 1. The Labute approximate surface area is 126 Å². The summed E-state index contributed by atoms with van der Waals surface area (Å²) < 4.78 is 0. The number of pyridine rings is 1. The van der Waals surface area contributed by atoms with Gasteiger partial charge in [0.15, 0.2) is 0 Å². The third-order valence-corrected chi connectivity index (χ3v) is 4.80. The van der Waals surface area contributed by atoms with Gasteiger partial charge in [0.2, 0.25) is 0 Å². The number of halogens is 1. The lowest BCUT2D eigenvalue weighted by Crippen LogP contribution is -2.35. The summed E-state index contributed by atoms with van der Waals surface area (Å²) in [5, 5.41) is 4.28. The van der Waals surface area contributed by atoms with Crippen LogP contribution in [0.5, 0.6) is 0 Å². The molecule has 2 heterocycles. The number of hydrogen-bond acceptors (Lipinski definition) is 3. The minimum Gasteiger partial charge on any atom is -0.356 e. The van der Waals surface area contributed by atoms with E-state index in [9.17, 15) is 0 Å². The molecule has 0 bridgehead atoms. The fourth-order valence-corrected chi connectivity index (χ4v) is 3.08. The molecule has 1 aliphatic heterocycles. The van der Waals surface area contributed by atoms with E-state index < -0.39 is 0 Å². The van der Waals surface area contributed by atoms with Crippen molar-refractivity contribution in [2.75, 3.05) is 18.0 Å². The van der Waals surface area contributed by atoms with Crippen LogP contribution in [0.15, 0.2) is 12.1 Å². The Hall–Kier alpha value is -0.800. The molecule has 2 fully saturated rings. The van der Waals surface area contributed by atoms with Crippen molar-refractivity contribution >= 4 is 17.4 Å². The summed E-state index contributed by atoms with van der Waals surface area (Å²) in [5.74, 6) is 1.91. The zero-order chi connectivity index (χ0) is 13.9. The maximum Gasteiger partial charge on any atom is 0.128 e. The predicted octanol–water partition coefficient (Wildman–Crippen LogP) is 3.61. The van der Waals surface area contributed by atoms with E-state index in [1.54, 1.807) is 0 Å². The van der Waals surface area contributed by atoms with E-state index in [1.807, 2.05) is 6.07 Å². The van der Waals surface area contributed by atoms with Gasteiger partial charge in [0.1, 0.15) is 5.82 Å². The molecule has 0 amide bonds. The second kappa shape index (κ2) is 6.31. The Balaban J connectivity index is 1.70. The molecule has 1 N–H and O–H groups in total. The van der Waals surface area contributed by atoms with E-state index in [-0.39, 0.29) is 0 Å². The molecule has 4 heteroatoms. The van der Waals surface area contributed by atoms with E-state index >= 15 is 0 Å². The summed E-state index contributed by atoms with van der Waals surface area (Å²) >= 11 is 6.27. The van der Waals surface area contributed by atoms with Crippen molar-refractivity contribution in [1.29, 1.82) is 0 Å². The van der Waals surface area contributed by atoms with Crippen LogP contribution < -0.4 is 10.2 Å². The first-order valence-electron chi connectivity index (χ1n) is 7.90. The zero-order valence-corrected chi connectivity index (χ0v) is 13.0. The maximum absolute atomic E-state index is 6.27. The van der Waals surface area contributed by atoms with Gasteiger partial charge in [-0.25, -0.2) is 4.98 Å². The van der Waals surface area contributed by atoms with Crippen molar-refractivity contribution in [3.05, 3.63) is 22.8 Å². The molecule has 0 aromatic carbocycles. The normalized spacial score (nSPS) is 23.1. The molecule has 0 spiro atoms. The van der Waals surface area contributed by atoms with Crippen LogP contribution in [-0.4, -0.2) is 24.1 Å². The highest BCUT2D eigenvalue weighted by Crippen LogP contribution is 2.26. The molecule has 20 heavy (non-hydrogen) atoms. The average Bonchev–Trinajstić information content (AvgIpc) is 3.31. The fraction of sp³-hybridized carbons (Fsp3) is 0.688. The van der Waals surface area contributed by atoms with Crippen molar-refractivity contribution in [1.82, 2.24) is 10.3 Å². The minimum atomic E-state index is 0.691. The SMILES string of the molecule is CCC1CCCN(c2ccc(Cl)c(CNC3CC3)n2)C1. The molecule has 1 saturated carbocycles. The second-order valence-corrected chi connectivity index (χ2v) is 6.52. The molecule has 1 aromatic heterocycles. The number of anilines is 1. The minimum absolute atomic E-state index is 0.691. The van der Waals surface area contributed by atoms with Gasteiger partial charge in [-0.15, -0.1) is 0 Å². The molecular weight excluding hydrogens is 270 g/mol. The Morgan fingerprint density at radius 1 is 1.35 bits per heavy atom. The van der Waals surface area contributed by atoms with Crippen molar-refractivity contribution < 1.29 is 0 Å². The van der Waals surface area contributed by atoms with Crippen LogP contribution in [0.2, 0.25) is 5.02 Å². The highest BCUT2D eigenvalue weighted by atomic mass is 35.5. The Morgan fingerprint density at radius 3 is 2.95 bits per heavy atom. The average molecular weight is 294 g/mol. The summed E-state index contributed by atoms with van der Waals surface area (Å²) in [6.45, 7) is 5.35. The van der Waals surface area contributed by atoms with Crippen LogP contribution in [0.1, 0.15) is 44.7 Å². The Bertz CT molecular complexity index is 459. The Kier molecular flexibility index (Phi) is 4.47. The summed E-state index contributed by atoms with van der Waals surface area (Å²) in [4.78, 5) is 7.22. The summed E-state index contributed by atoms with van der Waals surface area (Å²) in [5.41, 5.74) is 0.995. The van der Waals surface area contributed by atoms with Crippen molar-refractivity contribution in [2.45, 2.75) is 51.6 Å². The Morgan fingerprint density at radius 2 is 2.20 bits per heavy atom. The molecule has 0 radical (unpaired) electrons. The molecule has 110 valence electrons. The lowest BCUT2D eigenvalue weighted by molar-refractivity contribution is 0.403. The van der Waals surface area contributed by atoms with Gasteiger partial charge in [-0.05, 0) is 43.7 Å². The van der Waals surface area contributed by atoms with Gasteiger partial charge < -0.3 is 10.2 Å². The smallest absolute Gasteiger partial charge is 0.128 e. The van der Waals surface area contributed by atoms with Gasteiger partial charge in [0.25, 0.3) is 0 Å². The van der Waals surface area contributed by atoms with Gasteiger partial charge in [0.05, 0.1) is 10.7 Å². The van der Waals surface area contributed by atoms with Crippen LogP contribution in [0.4, 0.5) is 5.82 Å². The number of piperidine rings is 1. The first-order valence-corrected chi connectivity index (χ1v) is 8.28. The van der Waals surface area contributed by atoms with E-state index in [2.05, 4.69) is 23.2 Å². The zero-order valence-electron chi connectivity index (χ0n) is 12.2. The van der Waals surface area contributed by atoms with Crippen molar-refractivity contribution in [3.63, 3.8) is 0 Å². The standard InChI is InChI=1S/C16H24ClN3/c1-2-12-4-3-9-20(11-12)16-8-7-14(17)15(19-16)10-18-13-5-6-13/h7-8,12-13,18H,2-6,9-11H2,1H3. The highest BCUT2D eigenvalue weighted by Gasteiger charge is 2.22. The maximum atomic E-state index is 6.27. The number of nitrogens with zero attached hydrogens (tertiary/aromatic N) is 2. The molecule has 1 aromatic rings. The van der Waals surface area contributed by atoms with E-state index in [4.69, 9.17) is 16.6 Å². The molecule has 1 unspecified atom stereocenters. The molecule has 2 aliphatic rings. The third-order valence-electron chi connectivity index (χ3n) is 4.46. The molecule has 3 rings (SSSR count). The number of aromatic nitrogens is 1. The van der Waals surface area contributed by atoms with Crippen molar-refractivity contribution in [2.24, 2.45) is 5.92 Å². The van der Waals surface area contributed by atoms with Crippen LogP contribution in [0.3, 0.4) is 0 Å². The molecule has 1 aliphatic carbocycles. The van der Waals surface area contributed by atoms with Crippen LogP contribution >= 0.6 is 11.6 Å². The number of rotatable bonds is 5. The fourth-order valence-electron chi connectivity index (χ4n) is 2.91. The van der Waals surface area contributed by atoms with Crippen LogP contribution in [0, 0.1) is 5.92 Å². The van der Waals surface area contributed by atoms with E-state index in [0.717, 1.165) is 42.1 Å². The van der Waals surface area contributed by atoms with Gasteiger partial charge in [-0.1, -0.05) is 24.9 Å². The summed E-state index contributed by atoms with van der Waals surface area (Å²) in [7, 11) is 0. The predicted molar refractivity (Wildman–Crippen MR) is 84.3 cm³/mol. The molecule has 3 nitrogen and oxygen atoms in total. The van der Waals surface area contributed by atoms with Gasteiger partial charge in [-0.2, -0.15) is 0 Å². The van der Waals surface area contributed by atoms with E-state index in [0.29, 0.717) is 6.04 Å². The lowest BCUT2D eigenvalue weighted by atomic mass is 9.96. The van der Waals surface area contributed by atoms with Crippen LogP contribution in [-0.2, 0) is 6.54 Å². The molecular formula is C16H24ClN3. The van der Waals surface area contributed by atoms with Crippen LogP contribution in [0.25, 0.3) is 0 Å². The van der Waals surface area contributed by atoms with Crippen molar-refractivity contribution in [3.8, 4) is 0 Å². The van der Waals surface area contributed by atoms with Gasteiger partial charge in [0, 0.05) is 25.7 Å². The lowest BCUT2D eigenvalue weighted by Gasteiger charge is -2.33. The summed E-state index contributed by atoms with van der Waals surface area (Å²) in [6.07, 6.45) is 6.48. The quantitative estimate of drug-likeness (QED) is 0.899. The topological polar surface area (TPSA) is 28.2 Å². The molecule has 1 atom stereocenters. The van der Waals surface area contributed by atoms with Gasteiger partial charge in [-0.3, -0.25) is 0 Å².